The average molecular weight is 317 g/mol. The Balaban J connectivity index is 1.66. The summed E-state index contributed by atoms with van der Waals surface area (Å²) in [6, 6.07) is 6.25. The lowest BCUT2D eigenvalue weighted by Gasteiger charge is -2.27. The standard InChI is InChI=1S/C19H27NO3/c1-13(21)16-8-9-20(12-16)19(22)11-15-5-3-4-14-10-17(23-2)6-7-18(14)15/h6-7,10,13,15-16,21H,3-5,8-9,11-12H2,1-2H3. The summed E-state index contributed by atoms with van der Waals surface area (Å²) < 4.78 is 5.31. The highest BCUT2D eigenvalue weighted by Gasteiger charge is 2.31. The molecule has 2 aliphatic rings. The highest BCUT2D eigenvalue weighted by molar-refractivity contribution is 5.77. The fraction of sp³-hybridized carbons (Fsp3) is 0.632. The summed E-state index contributed by atoms with van der Waals surface area (Å²) in [7, 11) is 1.69. The molecule has 1 heterocycles. The Kier molecular flexibility index (Phi) is 4.90. The lowest BCUT2D eigenvalue weighted by atomic mass is 9.80. The van der Waals surface area contributed by atoms with Crippen LogP contribution in [0.4, 0.5) is 0 Å². The first-order valence-corrected chi connectivity index (χ1v) is 8.71. The van der Waals surface area contributed by atoms with Crippen LogP contribution in [-0.4, -0.2) is 42.2 Å². The van der Waals surface area contributed by atoms with Gasteiger partial charge in [-0.25, -0.2) is 0 Å². The van der Waals surface area contributed by atoms with E-state index in [0.717, 1.165) is 38.0 Å². The summed E-state index contributed by atoms with van der Waals surface area (Å²) in [4.78, 5) is 14.6. The molecule has 3 unspecified atom stereocenters. The van der Waals surface area contributed by atoms with E-state index >= 15 is 0 Å². The molecule has 0 spiro atoms. The summed E-state index contributed by atoms with van der Waals surface area (Å²) in [5.41, 5.74) is 2.65. The van der Waals surface area contributed by atoms with E-state index in [1.165, 1.54) is 11.1 Å². The third-order valence-electron chi connectivity index (χ3n) is 5.47. The number of rotatable bonds is 4. The van der Waals surface area contributed by atoms with E-state index in [-0.39, 0.29) is 17.9 Å². The predicted octanol–water partition coefficient (Wildman–Crippen LogP) is 2.73. The smallest absolute Gasteiger partial charge is 0.223 e. The third kappa shape index (κ3) is 3.52. The lowest BCUT2D eigenvalue weighted by Crippen LogP contribution is -2.31. The van der Waals surface area contributed by atoms with E-state index in [2.05, 4.69) is 12.1 Å². The number of aryl methyl sites for hydroxylation is 1. The highest BCUT2D eigenvalue weighted by Crippen LogP contribution is 2.36. The van der Waals surface area contributed by atoms with Gasteiger partial charge in [-0.15, -0.1) is 0 Å². The number of carbonyl (C=O) groups excluding carboxylic acids is 1. The molecule has 0 radical (unpaired) electrons. The van der Waals surface area contributed by atoms with Crippen LogP contribution in [0, 0.1) is 5.92 Å². The van der Waals surface area contributed by atoms with Crippen molar-refractivity contribution in [3.05, 3.63) is 29.3 Å². The molecule has 0 bridgehead atoms. The molecule has 4 heteroatoms. The molecule has 4 nitrogen and oxygen atoms in total. The van der Waals surface area contributed by atoms with Gasteiger partial charge in [0.2, 0.25) is 5.91 Å². The van der Waals surface area contributed by atoms with E-state index in [4.69, 9.17) is 4.74 Å². The number of carbonyl (C=O) groups is 1. The van der Waals surface area contributed by atoms with Crippen LogP contribution in [0.5, 0.6) is 5.75 Å². The average Bonchev–Trinajstić information content (AvgIpc) is 3.05. The van der Waals surface area contributed by atoms with E-state index in [1.807, 2.05) is 17.9 Å². The Morgan fingerprint density at radius 3 is 2.96 bits per heavy atom. The van der Waals surface area contributed by atoms with Gasteiger partial charge in [0.25, 0.3) is 0 Å². The van der Waals surface area contributed by atoms with Gasteiger partial charge in [0.15, 0.2) is 0 Å². The van der Waals surface area contributed by atoms with Crippen LogP contribution < -0.4 is 4.74 Å². The van der Waals surface area contributed by atoms with Crippen molar-refractivity contribution in [3.8, 4) is 5.75 Å². The summed E-state index contributed by atoms with van der Waals surface area (Å²) in [6.45, 7) is 3.32. The number of benzene rings is 1. The van der Waals surface area contributed by atoms with Crippen molar-refractivity contribution in [1.29, 1.82) is 0 Å². The molecule has 23 heavy (non-hydrogen) atoms. The van der Waals surface area contributed by atoms with E-state index < -0.39 is 0 Å². The highest BCUT2D eigenvalue weighted by atomic mass is 16.5. The summed E-state index contributed by atoms with van der Waals surface area (Å²) in [6.07, 6.45) is 4.47. The van der Waals surface area contributed by atoms with Crippen molar-refractivity contribution < 1.29 is 14.6 Å². The molecule has 1 aromatic carbocycles. The number of amides is 1. The molecule has 1 saturated heterocycles. The van der Waals surface area contributed by atoms with E-state index in [0.29, 0.717) is 18.9 Å². The Morgan fingerprint density at radius 1 is 1.43 bits per heavy atom. The van der Waals surface area contributed by atoms with Crippen molar-refractivity contribution >= 4 is 5.91 Å². The summed E-state index contributed by atoms with van der Waals surface area (Å²) in [5.74, 6) is 1.70. The van der Waals surface area contributed by atoms with Gasteiger partial charge in [-0.2, -0.15) is 0 Å². The zero-order chi connectivity index (χ0) is 16.4. The van der Waals surface area contributed by atoms with Gasteiger partial charge in [0.05, 0.1) is 13.2 Å². The van der Waals surface area contributed by atoms with Crippen molar-refractivity contribution in [2.24, 2.45) is 5.92 Å². The van der Waals surface area contributed by atoms with Gasteiger partial charge < -0.3 is 14.7 Å². The van der Waals surface area contributed by atoms with Gasteiger partial charge in [-0.3, -0.25) is 4.79 Å². The number of hydrogen-bond acceptors (Lipinski definition) is 3. The van der Waals surface area contributed by atoms with Crippen LogP contribution in [0.25, 0.3) is 0 Å². The molecule has 1 fully saturated rings. The fourth-order valence-corrected chi connectivity index (χ4v) is 3.98. The zero-order valence-corrected chi connectivity index (χ0v) is 14.1. The number of nitrogens with zero attached hydrogens (tertiary/aromatic N) is 1. The maximum absolute atomic E-state index is 12.6. The largest absolute Gasteiger partial charge is 0.497 e. The van der Waals surface area contributed by atoms with Gasteiger partial charge >= 0.3 is 0 Å². The van der Waals surface area contributed by atoms with Crippen LogP contribution in [0.2, 0.25) is 0 Å². The molecule has 1 aliphatic heterocycles. The van der Waals surface area contributed by atoms with Gasteiger partial charge in [-0.1, -0.05) is 6.07 Å². The molecule has 3 rings (SSSR count). The second-order valence-electron chi connectivity index (χ2n) is 6.99. The minimum Gasteiger partial charge on any atom is -0.497 e. The van der Waals surface area contributed by atoms with Gasteiger partial charge in [0.1, 0.15) is 5.75 Å². The Bertz CT molecular complexity index is 570. The van der Waals surface area contributed by atoms with E-state index in [9.17, 15) is 9.90 Å². The second-order valence-corrected chi connectivity index (χ2v) is 6.99. The van der Waals surface area contributed by atoms with Gasteiger partial charge in [-0.05, 0) is 61.8 Å². The van der Waals surface area contributed by atoms with Crippen LogP contribution in [0.1, 0.15) is 49.7 Å². The maximum Gasteiger partial charge on any atom is 0.223 e. The van der Waals surface area contributed by atoms with Crippen LogP contribution in [0.15, 0.2) is 18.2 Å². The minimum atomic E-state index is -0.323. The maximum atomic E-state index is 12.6. The van der Waals surface area contributed by atoms with Crippen molar-refractivity contribution in [2.45, 2.75) is 51.0 Å². The molecular formula is C19H27NO3. The molecule has 1 N–H and O–H groups in total. The predicted molar refractivity (Wildman–Crippen MR) is 89.7 cm³/mol. The molecule has 3 atom stereocenters. The first-order chi connectivity index (χ1) is 11.1. The zero-order valence-electron chi connectivity index (χ0n) is 14.1. The molecule has 1 aromatic rings. The first kappa shape index (κ1) is 16.3. The molecule has 1 amide bonds. The topological polar surface area (TPSA) is 49.8 Å². The second kappa shape index (κ2) is 6.91. The van der Waals surface area contributed by atoms with E-state index in [1.54, 1.807) is 7.11 Å². The molecule has 126 valence electrons. The Morgan fingerprint density at radius 2 is 2.26 bits per heavy atom. The minimum absolute atomic E-state index is 0.238. The van der Waals surface area contributed by atoms with Crippen molar-refractivity contribution in [3.63, 3.8) is 0 Å². The lowest BCUT2D eigenvalue weighted by molar-refractivity contribution is -0.130. The Hall–Kier alpha value is -1.55. The number of aliphatic hydroxyl groups excluding tert-OH is 1. The number of hydrogen-bond donors (Lipinski definition) is 1. The molecule has 0 saturated carbocycles. The monoisotopic (exact) mass is 317 g/mol. The van der Waals surface area contributed by atoms with Crippen LogP contribution in [-0.2, 0) is 11.2 Å². The number of aliphatic hydroxyl groups is 1. The SMILES string of the molecule is COc1ccc2c(c1)CCCC2CC(=O)N1CCC(C(C)O)C1. The fourth-order valence-electron chi connectivity index (χ4n) is 3.98. The third-order valence-corrected chi connectivity index (χ3v) is 5.47. The van der Waals surface area contributed by atoms with Gasteiger partial charge in [0, 0.05) is 25.4 Å². The number of ether oxygens (including phenoxy) is 1. The normalized spacial score (nSPS) is 25.1. The number of fused-ring (bicyclic) bond motifs is 1. The Labute approximate surface area is 138 Å². The molecule has 1 aliphatic carbocycles. The number of methoxy groups -OCH3 is 1. The molecular weight excluding hydrogens is 290 g/mol. The van der Waals surface area contributed by atoms with Crippen molar-refractivity contribution in [1.82, 2.24) is 4.90 Å². The first-order valence-electron chi connectivity index (χ1n) is 8.71. The quantitative estimate of drug-likeness (QED) is 0.929. The summed E-state index contributed by atoms with van der Waals surface area (Å²) >= 11 is 0. The van der Waals surface area contributed by atoms with Crippen LogP contribution >= 0.6 is 0 Å². The summed E-state index contributed by atoms with van der Waals surface area (Å²) in [5, 5.41) is 9.70. The van der Waals surface area contributed by atoms with Crippen LogP contribution in [0.3, 0.4) is 0 Å². The molecule has 0 aromatic heterocycles. The van der Waals surface area contributed by atoms with Crippen molar-refractivity contribution in [2.75, 3.05) is 20.2 Å². The number of likely N-dealkylation sites (tertiary alicyclic amines) is 1.